The van der Waals surface area contributed by atoms with E-state index in [-0.39, 0.29) is 24.7 Å². The fourth-order valence-electron chi connectivity index (χ4n) is 2.33. The van der Waals surface area contributed by atoms with Crippen molar-refractivity contribution in [2.24, 2.45) is 5.73 Å². The molecule has 0 saturated carbocycles. The number of aliphatic hydroxyl groups excluding tert-OH is 1. The fourth-order valence-corrected chi connectivity index (χ4v) is 2.33. The molecule has 0 aromatic heterocycles. The number of ether oxygens (including phenoxy) is 1. The molecule has 1 heterocycles. The lowest BCUT2D eigenvalue weighted by Crippen LogP contribution is -2.50. The minimum atomic E-state index is -0.651. The minimum Gasteiger partial charge on any atom is -0.394 e. The number of nitrogens with one attached hydrogen (secondary N) is 1. The van der Waals surface area contributed by atoms with Crippen molar-refractivity contribution in [2.75, 3.05) is 25.0 Å². The number of nitrogens with two attached hydrogens (primary N) is 1. The molecule has 2 unspecified atom stereocenters. The number of aliphatic hydroxyl groups is 1. The predicted molar refractivity (Wildman–Crippen MR) is 77.0 cm³/mol. The Morgan fingerprint density at radius 1 is 1.38 bits per heavy atom. The molecule has 7 heteroatoms. The van der Waals surface area contributed by atoms with Gasteiger partial charge in [-0.2, -0.15) is 0 Å². The van der Waals surface area contributed by atoms with Gasteiger partial charge in [0.15, 0.2) is 0 Å². The first-order valence-electron chi connectivity index (χ1n) is 6.71. The minimum absolute atomic E-state index is 0.115. The predicted octanol–water partition coefficient (Wildman–Crippen LogP) is 0.399. The lowest BCUT2D eigenvalue weighted by atomic mass is 10.1. The number of anilines is 1. The summed E-state index contributed by atoms with van der Waals surface area (Å²) in [5.74, 6) is -0.130. The Balaban J connectivity index is 2.06. The van der Waals surface area contributed by atoms with E-state index in [0.717, 1.165) is 0 Å². The summed E-state index contributed by atoms with van der Waals surface area (Å²) in [6.45, 7) is 2.59. The first-order valence-corrected chi connectivity index (χ1v) is 6.71. The van der Waals surface area contributed by atoms with Gasteiger partial charge in [0.05, 0.1) is 18.8 Å². The van der Waals surface area contributed by atoms with Crippen molar-refractivity contribution in [1.82, 2.24) is 4.90 Å². The van der Waals surface area contributed by atoms with Crippen molar-refractivity contribution in [2.45, 2.75) is 19.1 Å². The molecular formula is C14H19N3O4. The van der Waals surface area contributed by atoms with Crippen LogP contribution in [0.2, 0.25) is 0 Å². The molecule has 0 bridgehead atoms. The van der Waals surface area contributed by atoms with Gasteiger partial charge in [0, 0.05) is 24.3 Å². The molecule has 1 aliphatic rings. The van der Waals surface area contributed by atoms with Crippen molar-refractivity contribution < 1.29 is 19.4 Å². The number of nitrogens with zero attached hydrogens (tertiary/aromatic N) is 1. The number of carbonyl (C=O) groups excluding carboxylic acids is 2. The molecule has 0 aliphatic carbocycles. The highest BCUT2D eigenvalue weighted by Gasteiger charge is 2.28. The Morgan fingerprint density at radius 3 is 2.62 bits per heavy atom. The maximum Gasteiger partial charge on any atom is 0.316 e. The molecule has 1 saturated heterocycles. The summed E-state index contributed by atoms with van der Waals surface area (Å²) in [4.78, 5) is 24.8. The third kappa shape index (κ3) is 3.93. The molecule has 3 amide bonds. The van der Waals surface area contributed by atoms with Crippen LogP contribution in [0.25, 0.3) is 0 Å². The first-order chi connectivity index (χ1) is 9.99. The Labute approximate surface area is 122 Å². The molecule has 4 N–H and O–H groups in total. The average molecular weight is 293 g/mol. The Hall–Kier alpha value is -2.12. The van der Waals surface area contributed by atoms with Crippen molar-refractivity contribution in [3.63, 3.8) is 0 Å². The van der Waals surface area contributed by atoms with Crippen molar-refractivity contribution in [1.29, 1.82) is 0 Å². The largest absolute Gasteiger partial charge is 0.394 e. The first kappa shape index (κ1) is 15.3. The summed E-state index contributed by atoms with van der Waals surface area (Å²) in [7, 11) is 0. The fraction of sp³-hybridized carbons (Fsp3) is 0.429. The second-order valence-electron chi connectivity index (χ2n) is 5.03. The standard InChI is InChI=1S/C14H19N3O4/c1-9-6-17(7-12(8-18)21-9)13(19)10-2-4-11(5-3-10)16-14(15)20/h2-5,9,12,18H,6-8H2,1H3,(H3,15,16,20). The molecule has 1 aromatic rings. The van der Waals surface area contributed by atoms with E-state index in [0.29, 0.717) is 24.3 Å². The molecule has 7 nitrogen and oxygen atoms in total. The smallest absolute Gasteiger partial charge is 0.316 e. The van der Waals surface area contributed by atoms with Crippen LogP contribution < -0.4 is 11.1 Å². The van der Waals surface area contributed by atoms with Crippen LogP contribution in [0.1, 0.15) is 17.3 Å². The molecule has 114 valence electrons. The van der Waals surface area contributed by atoms with E-state index in [1.165, 1.54) is 0 Å². The lowest BCUT2D eigenvalue weighted by Gasteiger charge is -2.36. The van der Waals surface area contributed by atoms with Crippen LogP contribution in [-0.4, -0.2) is 53.8 Å². The Morgan fingerprint density at radius 2 is 2.05 bits per heavy atom. The van der Waals surface area contributed by atoms with Gasteiger partial charge in [0.25, 0.3) is 5.91 Å². The van der Waals surface area contributed by atoms with Crippen LogP contribution >= 0.6 is 0 Å². The van der Waals surface area contributed by atoms with Crippen LogP contribution in [0, 0.1) is 0 Å². The normalized spacial score (nSPS) is 21.9. The zero-order chi connectivity index (χ0) is 15.4. The molecule has 2 atom stereocenters. The van der Waals surface area contributed by atoms with Gasteiger partial charge in [-0.15, -0.1) is 0 Å². The molecule has 1 fully saturated rings. The van der Waals surface area contributed by atoms with Gasteiger partial charge in [-0.1, -0.05) is 0 Å². The average Bonchev–Trinajstić information content (AvgIpc) is 2.46. The van der Waals surface area contributed by atoms with Crippen LogP contribution in [0.15, 0.2) is 24.3 Å². The van der Waals surface area contributed by atoms with Gasteiger partial charge in [-0.3, -0.25) is 4.79 Å². The zero-order valence-corrected chi connectivity index (χ0v) is 11.8. The number of benzene rings is 1. The van der Waals surface area contributed by atoms with E-state index in [4.69, 9.17) is 10.5 Å². The van der Waals surface area contributed by atoms with Crippen molar-refractivity contribution in [3.05, 3.63) is 29.8 Å². The summed E-state index contributed by atoms with van der Waals surface area (Å²) in [5, 5.41) is 11.6. The molecule has 2 rings (SSSR count). The van der Waals surface area contributed by atoms with Gasteiger partial charge < -0.3 is 25.8 Å². The molecular weight excluding hydrogens is 274 g/mol. The van der Waals surface area contributed by atoms with Gasteiger partial charge in [0.2, 0.25) is 0 Å². The maximum atomic E-state index is 12.4. The highest BCUT2D eigenvalue weighted by atomic mass is 16.5. The zero-order valence-electron chi connectivity index (χ0n) is 11.8. The van der Waals surface area contributed by atoms with Gasteiger partial charge in [0.1, 0.15) is 0 Å². The van der Waals surface area contributed by atoms with E-state index >= 15 is 0 Å². The highest BCUT2D eigenvalue weighted by molar-refractivity contribution is 5.95. The summed E-state index contributed by atoms with van der Waals surface area (Å²) in [6.07, 6.45) is -0.468. The van der Waals surface area contributed by atoms with Gasteiger partial charge >= 0.3 is 6.03 Å². The van der Waals surface area contributed by atoms with Crippen LogP contribution in [0.5, 0.6) is 0 Å². The van der Waals surface area contributed by atoms with Crippen molar-refractivity contribution in [3.8, 4) is 0 Å². The maximum absolute atomic E-state index is 12.4. The number of carbonyl (C=O) groups is 2. The number of morpholine rings is 1. The second-order valence-corrected chi connectivity index (χ2v) is 5.03. The number of rotatable bonds is 3. The van der Waals surface area contributed by atoms with Gasteiger partial charge in [-0.05, 0) is 31.2 Å². The van der Waals surface area contributed by atoms with E-state index in [1.54, 1.807) is 29.2 Å². The SMILES string of the molecule is CC1CN(C(=O)c2ccc(NC(N)=O)cc2)CC(CO)O1. The van der Waals surface area contributed by atoms with Crippen LogP contribution in [0.3, 0.4) is 0 Å². The second kappa shape index (κ2) is 6.55. The van der Waals surface area contributed by atoms with E-state index in [2.05, 4.69) is 5.32 Å². The lowest BCUT2D eigenvalue weighted by molar-refractivity contribution is -0.0858. The molecule has 1 aliphatic heterocycles. The third-order valence-electron chi connectivity index (χ3n) is 3.22. The summed E-state index contributed by atoms with van der Waals surface area (Å²) in [5.41, 5.74) is 6.06. The molecule has 0 radical (unpaired) electrons. The molecule has 1 aromatic carbocycles. The monoisotopic (exact) mass is 293 g/mol. The van der Waals surface area contributed by atoms with E-state index < -0.39 is 6.03 Å². The summed E-state index contributed by atoms with van der Waals surface area (Å²) < 4.78 is 5.51. The van der Waals surface area contributed by atoms with Gasteiger partial charge in [-0.25, -0.2) is 4.79 Å². The number of hydrogen-bond donors (Lipinski definition) is 3. The summed E-state index contributed by atoms with van der Waals surface area (Å²) in [6, 6.07) is 5.84. The molecule has 0 spiro atoms. The topological polar surface area (TPSA) is 105 Å². The van der Waals surface area contributed by atoms with E-state index in [9.17, 15) is 14.7 Å². The van der Waals surface area contributed by atoms with Crippen LogP contribution in [0.4, 0.5) is 10.5 Å². The van der Waals surface area contributed by atoms with E-state index in [1.807, 2.05) is 6.92 Å². The van der Waals surface area contributed by atoms with Crippen LogP contribution in [-0.2, 0) is 4.74 Å². The number of urea groups is 1. The molecule has 21 heavy (non-hydrogen) atoms. The van der Waals surface area contributed by atoms with Crippen molar-refractivity contribution >= 4 is 17.6 Å². The number of amides is 3. The number of hydrogen-bond acceptors (Lipinski definition) is 4. The number of primary amides is 1. The summed E-state index contributed by atoms with van der Waals surface area (Å²) >= 11 is 0. The Bertz CT molecular complexity index is 517. The Kier molecular flexibility index (Phi) is 4.77. The highest BCUT2D eigenvalue weighted by Crippen LogP contribution is 2.16. The third-order valence-corrected chi connectivity index (χ3v) is 3.22. The quantitative estimate of drug-likeness (QED) is 0.750.